The summed E-state index contributed by atoms with van der Waals surface area (Å²) in [7, 11) is -1.58. The van der Waals surface area contributed by atoms with E-state index in [-0.39, 0.29) is 5.59 Å². The van der Waals surface area contributed by atoms with Gasteiger partial charge < -0.3 is 10.0 Å². The summed E-state index contributed by atoms with van der Waals surface area (Å²) >= 11 is 0. The molecule has 1 aromatic rings. The van der Waals surface area contributed by atoms with Crippen LogP contribution in [0.4, 0.5) is 0 Å². The van der Waals surface area contributed by atoms with Crippen molar-refractivity contribution in [1.82, 2.24) is 4.98 Å². The van der Waals surface area contributed by atoms with Crippen molar-refractivity contribution in [2.45, 2.75) is 6.92 Å². The summed E-state index contributed by atoms with van der Waals surface area (Å²) in [5, 5.41) is 17.4. The third kappa shape index (κ3) is 1.69. The fourth-order valence-electron chi connectivity index (χ4n) is 0.853. The lowest BCUT2D eigenvalue weighted by molar-refractivity contribution is 0.112. The molecule has 0 bridgehead atoms. The third-order valence-corrected chi connectivity index (χ3v) is 1.56. The molecule has 0 aliphatic rings. The molecular weight excluding hydrogens is 157 g/mol. The van der Waals surface area contributed by atoms with Crippen LogP contribution in [0.2, 0.25) is 0 Å². The Morgan fingerprint density at radius 2 is 2.25 bits per heavy atom. The second-order valence-electron chi connectivity index (χ2n) is 2.46. The van der Waals surface area contributed by atoms with Gasteiger partial charge in [-0.2, -0.15) is 0 Å². The summed E-state index contributed by atoms with van der Waals surface area (Å²) in [5.41, 5.74) is 1.29. The highest BCUT2D eigenvalue weighted by Gasteiger charge is 2.13. The molecule has 0 aliphatic heterocycles. The summed E-state index contributed by atoms with van der Waals surface area (Å²) in [4.78, 5) is 14.0. The minimum atomic E-state index is -1.58. The van der Waals surface area contributed by atoms with E-state index in [4.69, 9.17) is 10.0 Å². The van der Waals surface area contributed by atoms with Gasteiger partial charge in [-0.1, -0.05) is 0 Å². The smallest absolute Gasteiger partial charge is 0.422 e. The maximum Gasteiger partial charge on any atom is 0.508 e. The van der Waals surface area contributed by atoms with Crippen LogP contribution in [0.3, 0.4) is 0 Å². The van der Waals surface area contributed by atoms with Gasteiger partial charge in [0.1, 0.15) is 0 Å². The number of rotatable bonds is 2. The number of aldehydes is 1. The van der Waals surface area contributed by atoms with Crippen LogP contribution in [-0.4, -0.2) is 28.4 Å². The fraction of sp³-hybridized carbons (Fsp3) is 0.143. The molecule has 0 spiro atoms. The van der Waals surface area contributed by atoms with Gasteiger partial charge in [-0.05, 0) is 18.6 Å². The van der Waals surface area contributed by atoms with Gasteiger partial charge in [-0.25, -0.2) is 0 Å². The van der Waals surface area contributed by atoms with Gasteiger partial charge in [0.15, 0.2) is 6.29 Å². The number of hydrogen-bond acceptors (Lipinski definition) is 4. The monoisotopic (exact) mass is 165 g/mol. The minimum Gasteiger partial charge on any atom is -0.422 e. The molecule has 4 nitrogen and oxygen atoms in total. The second-order valence-corrected chi connectivity index (χ2v) is 2.46. The van der Waals surface area contributed by atoms with Gasteiger partial charge in [0.05, 0.1) is 5.59 Å². The molecule has 1 heterocycles. The largest absolute Gasteiger partial charge is 0.508 e. The Kier molecular flexibility index (Phi) is 2.57. The number of aromatic nitrogens is 1. The Morgan fingerprint density at radius 1 is 1.58 bits per heavy atom. The van der Waals surface area contributed by atoms with Crippen molar-refractivity contribution in [3.8, 4) is 0 Å². The normalized spacial score (nSPS) is 9.58. The number of carbonyl (C=O) groups is 1. The molecule has 0 aliphatic carbocycles. The summed E-state index contributed by atoms with van der Waals surface area (Å²) in [6.07, 6.45) is 1.99. The van der Waals surface area contributed by atoms with Crippen LogP contribution in [0, 0.1) is 6.92 Å². The molecule has 5 heteroatoms. The molecular formula is C7H8BNO3. The molecule has 0 unspecified atom stereocenters. The van der Waals surface area contributed by atoms with Crippen LogP contribution in [0.15, 0.2) is 12.3 Å². The lowest BCUT2D eigenvalue weighted by Crippen LogP contribution is -2.32. The average Bonchev–Trinajstić information content (AvgIpc) is 2.04. The molecule has 62 valence electrons. The molecule has 0 amide bonds. The van der Waals surface area contributed by atoms with Crippen molar-refractivity contribution in [3.05, 3.63) is 23.4 Å². The van der Waals surface area contributed by atoms with E-state index in [0.717, 1.165) is 0 Å². The molecule has 1 aromatic heterocycles. The molecule has 12 heavy (non-hydrogen) atoms. The van der Waals surface area contributed by atoms with E-state index in [1.54, 1.807) is 6.92 Å². The first-order valence-corrected chi connectivity index (χ1v) is 3.43. The Balaban J connectivity index is 3.10. The van der Waals surface area contributed by atoms with Crippen molar-refractivity contribution in [3.63, 3.8) is 0 Å². The Hall–Kier alpha value is -1.20. The van der Waals surface area contributed by atoms with Gasteiger partial charge >= 0.3 is 7.12 Å². The number of carbonyl (C=O) groups excluding carboxylic acids is 1. The quantitative estimate of drug-likeness (QED) is 0.430. The van der Waals surface area contributed by atoms with E-state index in [0.29, 0.717) is 17.4 Å². The van der Waals surface area contributed by atoms with Crippen LogP contribution in [0.5, 0.6) is 0 Å². The summed E-state index contributed by atoms with van der Waals surface area (Å²) < 4.78 is 0. The minimum absolute atomic E-state index is 0.151. The first-order chi connectivity index (χ1) is 5.65. The fourth-order valence-corrected chi connectivity index (χ4v) is 0.853. The van der Waals surface area contributed by atoms with Gasteiger partial charge in [0.25, 0.3) is 0 Å². The molecule has 1 rings (SSSR count). The lowest BCUT2D eigenvalue weighted by atomic mass is 9.84. The van der Waals surface area contributed by atoms with E-state index < -0.39 is 7.12 Å². The van der Waals surface area contributed by atoms with Gasteiger partial charge in [0.2, 0.25) is 0 Å². The van der Waals surface area contributed by atoms with Crippen molar-refractivity contribution in [2.75, 3.05) is 0 Å². The summed E-state index contributed by atoms with van der Waals surface area (Å²) in [5.74, 6) is 0. The Bertz CT molecular complexity index is 301. The third-order valence-electron chi connectivity index (χ3n) is 1.56. The van der Waals surface area contributed by atoms with Gasteiger partial charge in [-0.15, -0.1) is 0 Å². The average molecular weight is 165 g/mol. The lowest BCUT2D eigenvalue weighted by Gasteiger charge is -2.01. The van der Waals surface area contributed by atoms with E-state index >= 15 is 0 Å². The van der Waals surface area contributed by atoms with Crippen LogP contribution in [0.1, 0.15) is 15.9 Å². The molecule has 0 saturated carbocycles. The zero-order chi connectivity index (χ0) is 9.14. The SMILES string of the molecule is Cc1cc(B(O)O)ncc1C=O. The van der Waals surface area contributed by atoms with Crippen LogP contribution < -0.4 is 5.59 Å². The van der Waals surface area contributed by atoms with Crippen molar-refractivity contribution in [2.24, 2.45) is 0 Å². The Labute approximate surface area is 70.0 Å². The van der Waals surface area contributed by atoms with Crippen LogP contribution in [-0.2, 0) is 0 Å². The molecule has 0 radical (unpaired) electrons. The highest BCUT2D eigenvalue weighted by Crippen LogP contribution is 1.99. The maximum atomic E-state index is 10.3. The standard InChI is InChI=1S/C7H8BNO3/c1-5-2-7(8(11)12)9-3-6(5)4-10/h2-4,11-12H,1H3. The molecule has 2 N–H and O–H groups in total. The topological polar surface area (TPSA) is 70.4 Å². The second kappa shape index (κ2) is 3.47. The van der Waals surface area contributed by atoms with Crippen molar-refractivity contribution >= 4 is 19.0 Å². The number of nitrogens with zero attached hydrogens (tertiary/aromatic N) is 1. The number of hydrogen-bond donors (Lipinski definition) is 2. The summed E-state index contributed by atoms with van der Waals surface area (Å²) in [6.45, 7) is 1.71. The number of pyridine rings is 1. The van der Waals surface area contributed by atoms with Crippen LogP contribution >= 0.6 is 0 Å². The van der Waals surface area contributed by atoms with E-state index in [1.165, 1.54) is 12.3 Å². The zero-order valence-electron chi connectivity index (χ0n) is 6.56. The maximum absolute atomic E-state index is 10.3. The molecule has 0 saturated heterocycles. The molecule has 0 aromatic carbocycles. The number of aryl methyl sites for hydroxylation is 1. The van der Waals surface area contributed by atoms with Crippen molar-refractivity contribution in [1.29, 1.82) is 0 Å². The first kappa shape index (κ1) is 8.90. The van der Waals surface area contributed by atoms with Gasteiger partial charge in [0, 0.05) is 11.8 Å². The van der Waals surface area contributed by atoms with Crippen molar-refractivity contribution < 1.29 is 14.8 Å². The highest BCUT2D eigenvalue weighted by atomic mass is 16.4. The van der Waals surface area contributed by atoms with E-state index in [1.807, 2.05) is 0 Å². The Morgan fingerprint density at radius 3 is 2.67 bits per heavy atom. The predicted octanol–water partition coefficient (Wildman–Crippen LogP) is -1.12. The first-order valence-electron chi connectivity index (χ1n) is 3.43. The summed E-state index contributed by atoms with van der Waals surface area (Å²) in [6, 6.07) is 1.47. The van der Waals surface area contributed by atoms with Crippen LogP contribution in [0.25, 0.3) is 0 Å². The molecule has 0 atom stereocenters. The highest BCUT2D eigenvalue weighted by molar-refractivity contribution is 6.57. The van der Waals surface area contributed by atoms with E-state index in [2.05, 4.69) is 4.98 Å². The zero-order valence-corrected chi connectivity index (χ0v) is 6.56. The predicted molar refractivity (Wildman–Crippen MR) is 44.2 cm³/mol. The van der Waals surface area contributed by atoms with Gasteiger partial charge in [-0.3, -0.25) is 9.78 Å². The molecule has 0 fully saturated rings. The van der Waals surface area contributed by atoms with E-state index in [9.17, 15) is 4.79 Å².